The zero-order valence-electron chi connectivity index (χ0n) is 10.8. The molecule has 3 rings (SSSR count). The first-order valence-electron chi connectivity index (χ1n) is 6.51. The van der Waals surface area contributed by atoms with Crippen LogP contribution in [0.3, 0.4) is 0 Å². The predicted octanol–water partition coefficient (Wildman–Crippen LogP) is 1.70. The van der Waals surface area contributed by atoms with Crippen LogP contribution < -0.4 is 11.4 Å². The van der Waals surface area contributed by atoms with Crippen LogP contribution in [0.4, 0.5) is 4.39 Å². The molecule has 7 heteroatoms. The van der Waals surface area contributed by atoms with Gasteiger partial charge < -0.3 is 5.73 Å². The molecule has 5 nitrogen and oxygen atoms in total. The Morgan fingerprint density at radius 3 is 2.95 bits per heavy atom. The van der Waals surface area contributed by atoms with E-state index in [2.05, 4.69) is 10.2 Å². The molecule has 106 valence electrons. The Bertz CT molecular complexity index is 677. The highest BCUT2D eigenvalue weighted by atomic mass is 32.2. The maximum absolute atomic E-state index is 13.6. The van der Waals surface area contributed by atoms with Crippen molar-refractivity contribution in [2.75, 3.05) is 6.54 Å². The van der Waals surface area contributed by atoms with E-state index in [1.54, 1.807) is 4.57 Å². The average Bonchev–Trinajstić information content (AvgIpc) is 3.15. The van der Waals surface area contributed by atoms with Crippen LogP contribution in [-0.4, -0.2) is 21.3 Å². The largest absolute Gasteiger partial charge is 0.344 e. The summed E-state index contributed by atoms with van der Waals surface area (Å²) in [6.07, 6.45) is 2.62. The number of hydrogen-bond acceptors (Lipinski definition) is 4. The molecule has 0 amide bonds. The standard InChI is InChI=1S/C13H15FN4OS/c14-9-5-8(3-4-15)6-11(7-9)20-13-17-16-12(19)18(13)10-1-2-10/h5-7,10H,1-4,15H2,(H,16,19). The van der Waals surface area contributed by atoms with Crippen molar-refractivity contribution in [2.45, 2.75) is 35.4 Å². The van der Waals surface area contributed by atoms with Gasteiger partial charge in [-0.2, -0.15) is 0 Å². The van der Waals surface area contributed by atoms with Crippen LogP contribution in [0.15, 0.2) is 33.0 Å². The molecule has 0 saturated heterocycles. The lowest BCUT2D eigenvalue weighted by Crippen LogP contribution is -2.16. The number of rotatable bonds is 5. The van der Waals surface area contributed by atoms with Crippen LogP contribution in [0.25, 0.3) is 0 Å². The molecule has 1 aromatic heterocycles. The molecule has 1 aromatic carbocycles. The predicted molar refractivity (Wildman–Crippen MR) is 74.4 cm³/mol. The first kappa shape index (κ1) is 13.4. The Morgan fingerprint density at radius 2 is 2.25 bits per heavy atom. The minimum Gasteiger partial charge on any atom is -0.330 e. The molecular formula is C13H15FN4OS. The Hall–Kier alpha value is -1.60. The van der Waals surface area contributed by atoms with Gasteiger partial charge in [0.05, 0.1) is 0 Å². The molecule has 0 radical (unpaired) electrons. The molecule has 0 spiro atoms. The van der Waals surface area contributed by atoms with Gasteiger partial charge in [-0.15, -0.1) is 5.10 Å². The van der Waals surface area contributed by atoms with Crippen LogP contribution in [0.1, 0.15) is 24.4 Å². The van der Waals surface area contributed by atoms with Crippen LogP contribution >= 0.6 is 11.8 Å². The Labute approximate surface area is 119 Å². The maximum Gasteiger partial charge on any atom is 0.344 e. The third-order valence-electron chi connectivity index (χ3n) is 3.16. The third kappa shape index (κ3) is 2.78. The van der Waals surface area contributed by atoms with Gasteiger partial charge in [-0.25, -0.2) is 14.3 Å². The molecule has 20 heavy (non-hydrogen) atoms. The number of nitrogens with zero attached hydrogens (tertiary/aromatic N) is 2. The van der Waals surface area contributed by atoms with Gasteiger partial charge in [-0.3, -0.25) is 4.57 Å². The lowest BCUT2D eigenvalue weighted by atomic mass is 10.1. The summed E-state index contributed by atoms with van der Waals surface area (Å²) in [5, 5.41) is 7.06. The van der Waals surface area contributed by atoms with E-state index in [0.717, 1.165) is 23.3 Å². The van der Waals surface area contributed by atoms with Gasteiger partial charge in [0, 0.05) is 10.9 Å². The first-order valence-corrected chi connectivity index (χ1v) is 7.33. The van der Waals surface area contributed by atoms with E-state index in [4.69, 9.17) is 5.73 Å². The summed E-state index contributed by atoms with van der Waals surface area (Å²) in [6.45, 7) is 0.475. The number of nitrogens with one attached hydrogen (secondary N) is 1. The molecule has 3 N–H and O–H groups in total. The highest BCUT2D eigenvalue weighted by molar-refractivity contribution is 7.99. The number of H-pyrrole nitrogens is 1. The summed E-state index contributed by atoms with van der Waals surface area (Å²) in [5.74, 6) is -0.297. The van der Waals surface area contributed by atoms with Crippen molar-refractivity contribution in [3.63, 3.8) is 0 Å². The van der Waals surface area contributed by atoms with Crippen molar-refractivity contribution in [2.24, 2.45) is 5.73 Å². The second-order valence-corrected chi connectivity index (χ2v) is 5.89. The highest BCUT2D eigenvalue weighted by Crippen LogP contribution is 2.37. The molecular weight excluding hydrogens is 279 g/mol. The maximum atomic E-state index is 13.6. The van der Waals surface area contributed by atoms with E-state index in [-0.39, 0.29) is 17.5 Å². The fraction of sp³-hybridized carbons (Fsp3) is 0.385. The quantitative estimate of drug-likeness (QED) is 0.880. The topological polar surface area (TPSA) is 76.7 Å². The van der Waals surface area contributed by atoms with Gasteiger partial charge in [-0.05, 0) is 61.3 Å². The smallest absolute Gasteiger partial charge is 0.330 e. The monoisotopic (exact) mass is 294 g/mol. The van der Waals surface area contributed by atoms with Crippen LogP contribution in [0, 0.1) is 5.82 Å². The van der Waals surface area contributed by atoms with Crippen molar-refractivity contribution < 1.29 is 4.39 Å². The van der Waals surface area contributed by atoms with E-state index < -0.39 is 0 Å². The molecule has 1 fully saturated rings. The summed E-state index contributed by atoms with van der Waals surface area (Å²) in [7, 11) is 0. The summed E-state index contributed by atoms with van der Waals surface area (Å²) in [4.78, 5) is 12.4. The van der Waals surface area contributed by atoms with Crippen molar-refractivity contribution in [3.8, 4) is 0 Å². The van der Waals surface area contributed by atoms with Gasteiger partial charge in [0.25, 0.3) is 0 Å². The average molecular weight is 294 g/mol. The van der Waals surface area contributed by atoms with Crippen LogP contribution in [0.5, 0.6) is 0 Å². The van der Waals surface area contributed by atoms with E-state index in [1.165, 1.54) is 23.9 Å². The van der Waals surface area contributed by atoms with Crippen LogP contribution in [0.2, 0.25) is 0 Å². The normalized spacial score (nSPS) is 14.7. The molecule has 0 unspecified atom stereocenters. The summed E-state index contributed by atoms with van der Waals surface area (Å²) in [6, 6.07) is 5.05. The molecule has 1 aliphatic carbocycles. The van der Waals surface area contributed by atoms with Crippen molar-refractivity contribution in [1.29, 1.82) is 0 Å². The molecule has 0 bridgehead atoms. The first-order chi connectivity index (χ1) is 9.67. The molecule has 1 heterocycles. The fourth-order valence-corrected chi connectivity index (χ4v) is 3.13. The fourth-order valence-electron chi connectivity index (χ4n) is 2.11. The second-order valence-electron chi connectivity index (χ2n) is 4.85. The minimum atomic E-state index is -0.297. The SMILES string of the molecule is NCCc1cc(F)cc(Sc2n[nH]c(=O)n2C2CC2)c1. The minimum absolute atomic E-state index is 0.200. The molecule has 0 atom stereocenters. The number of benzene rings is 1. The number of nitrogens with two attached hydrogens (primary N) is 1. The zero-order valence-corrected chi connectivity index (χ0v) is 11.6. The number of aromatic nitrogens is 3. The van der Waals surface area contributed by atoms with Gasteiger partial charge >= 0.3 is 5.69 Å². The van der Waals surface area contributed by atoms with Crippen molar-refractivity contribution in [1.82, 2.24) is 14.8 Å². The summed E-state index contributed by atoms with van der Waals surface area (Å²) < 4.78 is 15.2. The second kappa shape index (κ2) is 5.41. The van der Waals surface area contributed by atoms with Gasteiger partial charge in [0.15, 0.2) is 5.16 Å². The molecule has 1 saturated carbocycles. The van der Waals surface area contributed by atoms with E-state index >= 15 is 0 Å². The lowest BCUT2D eigenvalue weighted by Gasteiger charge is -2.06. The van der Waals surface area contributed by atoms with Gasteiger partial charge in [-0.1, -0.05) is 0 Å². The number of hydrogen-bond donors (Lipinski definition) is 2. The highest BCUT2D eigenvalue weighted by Gasteiger charge is 2.28. The van der Waals surface area contributed by atoms with E-state index in [9.17, 15) is 9.18 Å². The number of aromatic amines is 1. The summed E-state index contributed by atoms with van der Waals surface area (Å²) >= 11 is 1.30. The van der Waals surface area contributed by atoms with E-state index in [0.29, 0.717) is 18.1 Å². The Balaban J connectivity index is 1.89. The Kier molecular flexibility index (Phi) is 3.62. The van der Waals surface area contributed by atoms with Gasteiger partial charge in [0.1, 0.15) is 5.82 Å². The third-order valence-corrected chi connectivity index (χ3v) is 4.10. The molecule has 0 aliphatic heterocycles. The summed E-state index contributed by atoms with van der Waals surface area (Å²) in [5.41, 5.74) is 6.15. The van der Waals surface area contributed by atoms with Crippen molar-refractivity contribution in [3.05, 3.63) is 40.1 Å². The molecule has 2 aromatic rings. The van der Waals surface area contributed by atoms with Gasteiger partial charge in [0.2, 0.25) is 0 Å². The Morgan fingerprint density at radius 1 is 1.45 bits per heavy atom. The van der Waals surface area contributed by atoms with Crippen molar-refractivity contribution >= 4 is 11.8 Å². The zero-order chi connectivity index (χ0) is 14.1. The number of halogens is 1. The lowest BCUT2D eigenvalue weighted by molar-refractivity contribution is 0.620. The van der Waals surface area contributed by atoms with E-state index in [1.807, 2.05) is 6.07 Å². The molecule has 1 aliphatic rings. The van der Waals surface area contributed by atoms with Crippen LogP contribution in [-0.2, 0) is 6.42 Å².